The predicted molar refractivity (Wildman–Crippen MR) is 87.8 cm³/mol. The lowest BCUT2D eigenvalue weighted by Crippen LogP contribution is -2.57. The number of hydrogen-bond acceptors (Lipinski definition) is 3. The molecule has 21 heavy (non-hydrogen) atoms. The first-order valence-electron chi connectivity index (χ1n) is 8.45. The molecule has 5 heteroatoms. The second-order valence-corrected chi connectivity index (χ2v) is 10.1. The number of hydrogen-bond donors (Lipinski definition) is 2. The Labute approximate surface area is 130 Å². The Morgan fingerprint density at radius 2 is 1.86 bits per heavy atom. The zero-order chi connectivity index (χ0) is 15.6. The van der Waals surface area contributed by atoms with E-state index in [-0.39, 0.29) is 22.7 Å². The first kappa shape index (κ1) is 17.2. The van der Waals surface area contributed by atoms with Crippen molar-refractivity contribution >= 4 is 10.0 Å². The summed E-state index contributed by atoms with van der Waals surface area (Å²) >= 11 is 0. The quantitative estimate of drug-likeness (QED) is 0.838. The van der Waals surface area contributed by atoms with Gasteiger partial charge in [-0.3, -0.25) is 0 Å². The van der Waals surface area contributed by atoms with Crippen molar-refractivity contribution < 1.29 is 8.42 Å². The highest BCUT2D eigenvalue weighted by Gasteiger charge is 2.38. The average Bonchev–Trinajstić information content (AvgIpc) is 2.36. The summed E-state index contributed by atoms with van der Waals surface area (Å²) in [7, 11) is -3.15. The SMILES string of the molecule is CC(C)(C)CCS(=O)(=O)NC1CCNC2(CCCCC2)C1. The van der Waals surface area contributed by atoms with Gasteiger partial charge in [0, 0.05) is 11.6 Å². The Morgan fingerprint density at radius 3 is 2.48 bits per heavy atom. The summed E-state index contributed by atoms with van der Waals surface area (Å²) < 4.78 is 27.5. The van der Waals surface area contributed by atoms with E-state index in [4.69, 9.17) is 0 Å². The molecule has 2 N–H and O–H groups in total. The van der Waals surface area contributed by atoms with E-state index in [1.54, 1.807) is 0 Å². The lowest BCUT2D eigenvalue weighted by atomic mass is 9.75. The predicted octanol–water partition coefficient (Wildman–Crippen LogP) is 2.80. The highest BCUT2D eigenvalue weighted by molar-refractivity contribution is 7.89. The van der Waals surface area contributed by atoms with Gasteiger partial charge in [-0.25, -0.2) is 13.1 Å². The van der Waals surface area contributed by atoms with Crippen LogP contribution in [0.25, 0.3) is 0 Å². The Balaban J connectivity index is 1.89. The molecule has 1 saturated heterocycles. The van der Waals surface area contributed by atoms with E-state index < -0.39 is 10.0 Å². The Morgan fingerprint density at radius 1 is 1.19 bits per heavy atom. The van der Waals surface area contributed by atoms with Crippen LogP contribution in [0.4, 0.5) is 0 Å². The van der Waals surface area contributed by atoms with Gasteiger partial charge < -0.3 is 5.32 Å². The van der Waals surface area contributed by atoms with Crippen molar-refractivity contribution in [1.29, 1.82) is 0 Å². The molecule has 2 fully saturated rings. The highest BCUT2D eigenvalue weighted by atomic mass is 32.2. The maximum atomic E-state index is 12.3. The Kier molecular flexibility index (Phi) is 5.37. The van der Waals surface area contributed by atoms with Crippen LogP contribution in [0.2, 0.25) is 0 Å². The monoisotopic (exact) mass is 316 g/mol. The van der Waals surface area contributed by atoms with Crippen LogP contribution in [0.5, 0.6) is 0 Å². The highest BCUT2D eigenvalue weighted by Crippen LogP contribution is 2.34. The zero-order valence-electron chi connectivity index (χ0n) is 13.9. The summed E-state index contributed by atoms with van der Waals surface area (Å²) in [5.74, 6) is 0.243. The first-order chi connectivity index (χ1) is 9.70. The van der Waals surface area contributed by atoms with E-state index in [2.05, 4.69) is 30.8 Å². The van der Waals surface area contributed by atoms with E-state index in [1.807, 2.05) is 0 Å². The molecular weight excluding hydrogens is 284 g/mol. The molecule has 1 heterocycles. The molecule has 0 aromatic heterocycles. The van der Waals surface area contributed by atoms with Crippen LogP contribution in [-0.2, 0) is 10.0 Å². The molecule has 1 aliphatic carbocycles. The van der Waals surface area contributed by atoms with Gasteiger partial charge in [0.25, 0.3) is 0 Å². The van der Waals surface area contributed by atoms with Crippen molar-refractivity contribution in [3.05, 3.63) is 0 Å². The Hall–Kier alpha value is -0.130. The van der Waals surface area contributed by atoms with Crippen molar-refractivity contribution in [3.8, 4) is 0 Å². The number of rotatable bonds is 4. The second-order valence-electron chi connectivity index (χ2n) is 8.20. The smallest absolute Gasteiger partial charge is 0.211 e. The van der Waals surface area contributed by atoms with Crippen molar-refractivity contribution in [1.82, 2.24) is 10.0 Å². The molecule has 1 saturated carbocycles. The lowest BCUT2D eigenvalue weighted by Gasteiger charge is -2.44. The number of sulfonamides is 1. The molecule has 1 spiro atoms. The summed E-state index contributed by atoms with van der Waals surface area (Å²) in [5.41, 5.74) is 0.265. The van der Waals surface area contributed by atoms with Gasteiger partial charge in [0.2, 0.25) is 10.0 Å². The number of nitrogens with one attached hydrogen (secondary N) is 2. The third-order valence-electron chi connectivity index (χ3n) is 4.91. The fourth-order valence-corrected chi connectivity index (χ4v) is 5.33. The Bertz CT molecular complexity index is 428. The van der Waals surface area contributed by atoms with Gasteiger partial charge in [0.1, 0.15) is 0 Å². The standard InChI is InChI=1S/C16H32N2O2S/c1-15(2,3)10-12-21(19,20)18-14-7-11-17-16(13-14)8-5-4-6-9-16/h14,17-18H,4-13H2,1-3H3. The fourth-order valence-electron chi connectivity index (χ4n) is 3.62. The van der Waals surface area contributed by atoms with Crippen LogP contribution in [0.1, 0.15) is 72.1 Å². The second kappa shape index (κ2) is 6.55. The molecule has 0 amide bonds. The molecule has 1 unspecified atom stereocenters. The first-order valence-corrected chi connectivity index (χ1v) is 10.1. The molecule has 2 rings (SSSR count). The minimum absolute atomic E-state index is 0.0630. The summed E-state index contributed by atoms with van der Waals surface area (Å²) in [4.78, 5) is 0. The molecule has 0 aromatic carbocycles. The van der Waals surface area contributed by atoms with Crippen LogP contribution in [0, 0.1) is 5.41 Å². The molecule has 4 nitrogen and oxygen atoms in total. The molecule has 0 bridgehead atoms. The van der Waals surface area contributed by atoms with Gasteiger partial charge in [0.05, 0.1) is 5.75 Å². The molecule has 1 aliphatic heterocycles. The van der Waals surface area contributed by atoms with Gasteiger partial charge in [-0.05, 0) is 44.1 Å². The molecular formula is C16H32N2O2S. The maximum absolute atomic E-state index is 12.3. The third kappa shape index (κ3) is 5.53. The van der Waals surface area contributed by atoms with Gasteiger partial charge in [-0.2, -0.15) is 0 Å². The van der Waals surface area contributed by atoms with E-state index in [9.17, 15) is 8.42 Å². The van der Waals surface area contributed by atoms with Gasteiger partial charge in [0.15, 0.2) is 0 Å². The summed E-state index contributed by atoms with van der Waals surface area (Å²) in [5, 5.41) is 3.67. The van der Waals surface area contributed by atoms with Crippen LogP contribution in [0.15, 0.2) is 0 Å². The topological polar surface area (TPSA) is 58.2 Å². The molecule has 2 aliphatic rings. The van der Waals surface area contributed by atoms with Crippen LogP contribution < -0.4 is 10.0 Å². The molecule has 0 radical (unpaired) electrons. The third-order valence-corrected chi connectivity index (χ3v) is 6.34. The normalized spacial score (nSPS) is 26.9. The van der Waals surface area contributed by atoms with Gasteiger partial charge in [-0.15, -0.1) is 0 Å². The zero-order valence-corrected chi connectivity index (χ0v) is 14.7. The van der Waals surface area contributed by atoms with E-state index in [0.717, 1.165) is 19.4 Å². The fraction of sp³-hybridized carbons (Fsp3) is 1.00. The van der Waals surface area contributed by atoms with Crippen molar-refractivity contribution in [2.45, 2.75) is 83.7 Å². The summed E-state index contributed by atoms with van der Waals surface area (Å²) in [6, 6.07) is 0.120. The van der Waals surface area contributed by atoms with Crippen molar-refractivity contribution in [2.75, 3.05) is 12.3 Å². The molecule has 0 aromatic rings. The van der Waals surface area contributed by atoms with E-state index >= 15 is 0 Å². The minimum Gasteiger partial charge on any atom is -0.311 e. The summed E-state index contributed by atoms with van der Waals surface area (Å²) in [6.07, 6.45) is 8.86. The van der Waals surface area contributed by atoms with Gasteiger partial charge in [-0.1, -0.05) is 40.0 Å². The average molecular weight is 317 g/mol. The van der Waals surface area contributed by atoms with Crippen LogP contribution >= 0.6 is 0 Å². The van der Waals surface area contributed by atoms with E-state index in [0.29, 0.717) is 6.42 Å². The molecule has 1 atom stereocenters. The lowest BCUT2D eigenvalue weighted by molar-refractivity contribution is 0.165. The largest absolute Gasteiger partial charge is 0.311 e. The van der Waals surface area contributed by atoms with Gasteiger partial charge >= 0.3 is 0 Å². The number of piperidine rings is 1. The minimum atomic E-state index is -3.15. The summed E-state index contributed by atoms with van der Waals surface area (Å²) in [6.45, 7) is 7.20. The van der Waals surface area contributed by atoms with Crippen LogP contribution in [-0.4, -0.2) is 32.3 Å². The molecule has 124 valence electrons. The maximum Gasteiger partial charge on any atom is 0.211 e. The van der Waals surface area contributed by atoms with Crippen LogP contribution in [0.3, 0.4) is 0 Å². The van der Waals surface area contributed by atoms with E-state index in [1.165, 1.54) is 32.1 Å². The van der Waals surface area contributed by atoms with Crippen molar-refractivity contribution in [2.24, 2.45) is 5.41 Å². The van der Waals surface area contributed by atoms with Crippen molar-refractivity contribution in [3.63, 3.8) is 0 Å².